The summed E-state index contributed by atoms with van der Waals surface area (Å²) in [5, 5.41) is 6.17. The smallest absolute Gasteiger partial charge is 0.433 e. The molecule has 38 heavy (non-hydrogen) atoms. The van der Waals surface area contributed by atoms with Gasteiger partial charge >= 0.3 is 12.2 Å². The number of urea groups is 1. The van der Waals surface area contributed by atoms with E-state index in [0.717, 1.165) is 24.7 Å². The van der Waals surface area contributed by atoms with Crippen molar-refractivity contribution in [3.63, 3.8) is 0 Å². The number of nitrogens with zero attached hydrogens (tertiary/aromatic N) is 4. The molecule has 0 bridgehead atoms. The Hall–Kier alpha value is -4.12. The monoisotopic (exact) mass is 524 g/mol. The Morgan fingerprint density at radius 1 is 0.974 bits per heavy atom. The van der Waals surface area contributed by atoms with Gasteiger partial charge < -0.3 is 20.0 Å². The van der Waals surface area contributed by atoms with E-state index in [1.165, 1.54) is 6.07 Å². The normalized spacial score (nSPS) is 14.6. The van der Waals surface area contributed by atoms with E-state index < -0.39 is 11.9 Å². The quantitative estimate of drug-likeness (QED) is 0.370. The summed E-state index contributed by atoms with van der Waals surface area (Å²) in [7, 11) is 0. The van der Waals surface area contributed by atoms with E-state index in [0.29, 0.717) is 55.3 Å². The van der Waals surface area contributed by atoms with Gasteiger partial charge in [0.1, 0.15) is 17.3 Å². The van der Waals surface area contributed by atoms with Gasteiger partial charge in [0, 0.05) is 56.4 Å². The summed E-state index contributed by atoms with van der Waals surface area (Å²) >= 11 is 0. The molecule has 0 radical (unpaired) electrons. The second-order valence-corrected chi connectivity index (χ2v) is 8.97. The van der Waals surface area contributed by atoms with Crippen LogP contribution in [-0.4, -0.2) is 60.2 Å². The largest absolute Gasteiger partial charge is 0.467 e. The van der Waals surface area contributed by atoms with Gasteiger partial charge in [0.05, 0.1) is 18.3 Å². The fourth-order valence-corrected chi connectivity index (χ4v) is 4.49. The Balaban J connectivity index is 1.24. The lowest BCUT2D eigenvalue weighted by atomic mass is 10.0. The van der Waals surface area contributed by atoms with Gasteiger partial charge in [-0.3, -0.25) is 4.90 Å². The number of furan rings is 1. The van der Waals surface area contributed by atoms with Crippen molar-refractivity contribution < 1.29 is 22.4 Å². The van der Waals surface area contributed by atoms with Crippen LogP contribution in [0.15, 0.2) is 71.5 Å². The highest BCUT2D eigenvalue weighted by atomic mass is 19.4. The topological polar surface area (TPSA) is 86.5 Å². The minimum absolute atomic E-state index is 0.264. The van der Waals surface area contributed by atoms with E-state index in [4.69, 9.17) is 4.42 Å². The number of benzene rings is 1. The van der Waals surface area contributed by atoms with E-state index in [1.54, 1.807) is 24.6 Å². The molecule has 2 N–H and O–H groups in total. The highest BCUT2D eigenvalue weighted by Gasteiger charge is 2.33. The van der Waals surface area contributed by atoms with Crippen molar-refractivity contribution in [2.45, 2.75) is 12.7 Å². The zero-order valence-corrected chi connectivity index (χ0v) is 20.5. The summed E-state index contributed by atoms with van der Waals surface area (Å²) in [6, 6.07) is 15.0. The van der Waals surface area contributed by atoms with E-state index in [-0.39, 0.29) is 11.5 Å². The molecule has 0 saturated carbocycles. The number of carbonyl (C=O) groups is 1. The third-order valence-corrected chi connectivity index (χ3v) is 6.47. The van der Waals surface area contributed by atoms with Gasteiger partial charge in [0.2, 0.25) is 0 Å². The van der Waals surface area contributed by atoms with Crippen LogP contribution in [0.5, 0.6) is 0 Å². The fourth-order valence-electron chi connectivity index (χ4n) is 4.49. The van der Waals surface area contributed by atoms with Crippen LogP contribution in [-0.2, 0) is 12.7 Å². The molecule has 5 rings (SSSR count). The van der Waals surface area contributed by atoms with Gasteiger partial charge in [-0.2, -0.15) is 13.2 Å². The van der Waals surface area contributed by atoms with Crippen LogP contribution in [0.4, 0.5) is 23.8 Å². The molecule has 0 spiro atoms. The van der Waals surface area contributed by atoms with Gasteiger partial charge in [-0.15, -0.1) is 0 Å². The molecule has 198 valence electrons. The van der Waals surface area contributed by atoms with Crippen molar-refractivity contribution in [1.82, 2.24) is 25.5 Å². The van der Waals surface area contributed by atoms with Crippen molar-refractivity contribution in [1.29, 1.82) is 0 Å². The molecule has 4 aromatic rings. The van der Waals surface area contributed by atoms with Gasteiger partial charge in [-0.05, 0) is 29.8 Å². The molecular weight excluding hydrogens is 497 g/mol. The maximum Gasteiger partial charge on any atom is 0.433 e. The molecule has 1 aliphatic heterocycles. The van der Waals surface area contributed by atoms with Crippen LogP contribution < -0.4 is 15.5 Å². The summed E-state index contributed by atoms with van der Waals surface area (Å²) in [4.78, 5) is 25.0. The zero-order chi connectivity index (χ0) is 26.5. The van der Waals surface area contributed by atoms with Crippen molar-refractivity contribution in [2.24, 2.45) is 0 Å². The first-order valence-corrected chi connectivity index (χ1v) is 12.3. The lowest BCUT2D eigenvalue weighted by Crippen LogP contribution is -2.49. The first-order chi connectivity index (χ1) is 18.4. The SMILES string of the molecule is O=C(NCCN1CCN(c2ncc(-c3ccccc3)c3nc(C(F)(F)F)ccc23)CC1)NCc1ccco1. The van der Waals surface area contributed by atoms with Crippen LogP contribution in [0.25, 0.3) is 22.0 Å². The number of anilines is 1. The molecule has 2 amide bonds. The molecule has 8 nitrogen and oxygen atoms in total. The zero-order valence-electron chi connectivity index (χ0n) is 20.5. The third-order valence-electron chi connectivity index (χ3n) is 6.47. The van der Waals surface area contributed by atoms with Crippen LogP contribution in [0.1, 0.15) is 11.5 Å². The Labute approximate surface area is 217 Å². The highest BCUT2D eigenvalue weighted by Crippen LogP contribution is 2.36. The van der Waals surface area contributed by atoms with Gasteiger partial charge in [0.25, 0.3) is 0 Å². The molecule has 3 aromatic heterocycles. The molecule has 1 aromatic carbocycles. The van der Waals surface area contributed by atoms with E-state index in [9.17, 15) is 18.0 Å². The number of rotatable bonds is 7. The number of alkyl halides is 3. The second-order valence-electron chi connectivity index (χ2n) is 8.97. The second kappa shape index (κ2) is 11.1. The minimum Gasteiger partial charge on any atom is -0.467 e. The number of piperazine rings is 1. The predicted molar refractivity (Wildman–Crippen MR) is 138 cm³/mol. The van der Waals surface area contributed by atoms with Crippen molar-refractivity contribution in [3.05, 3.63) is 78.5 Å². The number of halogens is 3. The van der Waals surface area contributed by atoms with Crippen molar-refractivity contribution in [2.75, 3.05) is 44.2 Å². The lowest BCUT2D eigenvalue weighted by molar-refractivity contribution is -0.140. The molecule has 4 heterocycles. The molecule has 0 unspecified atom stereocenters. The molecule has 1 aliphatic rings. The fraction of sp³-hybridized carbons (Fsp3) is 0.296. The first kappa shape index (κ1) is 25.5. The number of nitrogens with one attached hydrogen (secondary N) is 2. The first-order valence-electron chi connectivity index (χ1n) is 12.3. The van der Waals surface area contributed by atoms with Gasteiger partial charge in [-0.1, -0.05) is 30.3 Å². The Morgan fingerprint density at radius 3 is 2.47 bits per heavy atom. The Morgan fingerprint density at radius 2 is 1.76 bits per heavy atom. The number of fused-ring (bicyclic) bond motifs is 1. The van der Waals surface area contributed by atoms with Crippen LogP contribution >= 0.6 is 0 Å². The third kappa shape index (κ3) is 5.88. The maximum atomic E-state index is 13.5. The number of hydrogen-bond donors (Lipinski definition) is 2. The standard InChI is InChI=1S/C27H27F3N6O2/c28-27(29,30)23-9-8-21-24(34-23)22(19-5-2-1-3-6-19)18-32-25(21)36-14-12-35(13-15-36)11-10-31-26(37)33-17-20-7-4-16-38-20/h1-9,16,18H,10-15,17H2,(H2,31,33,37). The molecule has 11 heteroatoms. The minimum atomic E-state index is -4.54. The molecule has 1 fully saturated rings. The van der Waals surface area contributed by atoms with Crippen LogP contribution in [0.2, 0.25) is 0 Å². The molecule has 1 saturated heterocycles. The number of hydrogen-bond acceptors (Lipinski definition) is 6. The summed E-state index contributed by atoms with van der Waals surface area (Å²) < 4.78 is 45.6. The summed E-state index contributed by atoms with van der Waals surface area (Å²) in [6.45, 7) is 4.25. The summed E-state index contributed by atoms with van der Waals surface area (Å²) in [5.41, 5.74) is 0.674. The van der Waals surface area contributed by atoms with Gasteiger partial charge in [0.15, 0.2) is 0 Å². The molecule has 0 aliphatic carbocycles. The van der Waals surface area contributed by atoms with Crippen molar-refractivity contribution in [3.8, 4) is 11.1 Å². The predicted octanol–water partition coefficient (Wildman–Crippen LogP) is 4.53. The van der Waals surface area contributed by atoms with Gasteiger partial charge in [-0.25, -0.2) is 14.8 Å². The number of pyridine rings is 2. The van der Waals surface area contributed by atoms with E-state index in [2.05, 4.69) is 30.4 Å². The molecular formula is C27H27F3N6O2. The Kier molecular flexibility index (Phi) is 7.45. The number of carbonyl (C=O) groups excluding carboxylic acids is 1. The van der Waals surface area contributed by atoms with E-state index >= 15 is 0 Å². The Bertz CT molecular complexity index is 1370. The lowest BCUT2D eigenvalue weighted by Gasteiger charge is -2.36. The maximum absolute atomic E-state index is 13.5. The number of aromatic nitrogens is 2. The van der Waals surface area contributed by atoms with Crippen LogP contribution in [0, 0.1) is 0 Å². The van der Waals surface area contributed by atoms with Crippen molar-refractivity contribution >= 4 is 22.8 Å². The average Bonchev–Trinajstić information content (AvgIpc) is 3.45. The highest BCUT2D eigenvalue weighted by molar-refractivity contribution is 5.99. The average molecular weight is 525 g/mol. The molecule has 0 atom stereocenters. The summed E-state index contributed by atoms with van der Waals surface area (Å²) in [6.07, 6.45) is -1.38. The number of amides is 2. The summed E-state index contributed by atoms with van der Waals surface area (Å²) in [5.74, 6) is 1.30. The van der Waals surface area contributed by atoms with E-state index in [1.807, 2.05) is 30.3 Å². The van der Waals surface area contributed by atoms with Crippen LogP contribution in [0.3, 0.4) is 0 Å².